The van der Waals surface area contributed by atoms with Gasteiger partial charge in [-0.3, -0.25) is 14.4 Å². The van der Waals surface area contributed by atoms with Gasteiger partial charge in [0.25, 0.3) is 5.91 Å². The summed E-state index contributed by atoms with van der Waals surface area (Å²) in [4.78, 5) is 49.8. The molecule has 3 amide bonds. The molecule has 0 radical (unpaired) electrons. The molecule has 0 saturated heterocycles. The number of benzene rings is 3. The number of hydrazone groups is 1. The van der Waals surface area contributed by atoms with Crippen LogP contribution >= 0.6 is 27.3 Å². The molecule has 0 saturated carbocycles. The minimum Gasteiger partial charge on any atom is -0.422 e. The van der Waals surface area contributed by atoms with Crippen molar-refractivity contribution in [1.29, 1.82) is 0 Å². The van der Waals surface area contributed by atoms with Crippen molar-refractivity contribution in [3.8, 4) is 5.75 Å². The highest BCUT2D eigenvalue weighted by Crippen LogP contribution is 2.19. The fraction of sp³-hybridized carbons (Fsp3) is 0. The molecule has 0 aliphatic heterocycles. The lowest BCUT2D eigenvalue weighted by Crippen LogP contribution is -2.33. The van der Waals surface area contributed by atoms with Gasteiger partial charge in [-0.1, -0.05) is 34.1 Å². The number of anilines is 2. The van der Waals surface area contributed by atoms with E-state index in [9.17, 15) is 19.2 Å². The van der Waals surface area contributed by atoms with E-state index in [0.717, 1.165) is 4.47 Å². The van der Waals surface area contributed by atoms with Crippen LogP contribution in [0.15, 0.2) is 99.9 Å². The van der Waals surface area contributed by atoms with Gasteiger partial charge in [0.15, 0.2) is 0 Å². The second-order valence-corrected chi connectivity index (χ2v) is 9.46. The maximum atomic E-state index is 12.7. The van der Waals surface area contributed by atoms with Crippen molar-refractivity contribution in [3.05, 3.63) is 111 Å². The third kappa shape index (κ3) is 7.21. The number of hydrogen-bond acceptors (Lipinski definition) is 7. The molecule has 1 heterocycles. The standard InChI is InChI=1S/C27H19BrN4O5S/c28-18-9-11-19(12-10-18)30-24(33)21-4-1-2-5-22(21)31-25(34)26(35)32-29-16-17-7-13-20(14-8-17)37-27(36)23-6-3-15-38-23/h1-16H,(H,30,33)(H,31,34)(H,32,35). The average molecular weight is 591 g/mol. The van der Waals surface area contributed by atoms with Gasteiger partial charge in [0.05, 0.1) is 17.5 Å². The summed E-state index contributed by atoms with van der Waals surface area (Å²) in [5.74, 6) is -2.57. The fourth-order valence-electron chi connectivity index (χ4n) is 3.09. The summed E-state index contributed by atoms with van der Waals surface area (Å²) in [5, 5.41) is 10.7. The number of nitrogens with one attached hydrogen (secondary N) is 3. The molecule has 3 N–H and O–H groups in total. The maximum Gasteiger partial charge on any atom is 0.353 e. The molecule has 11 heteroatoms. The number of rotatable bonds is 7. The van der Waals surface area contributed by atoms with Crippen molar-refractivity contribution in [2.45, 2.75) is 0 Å². The highest BCUT2D eigenvalue weighted by molar-refractivity contribution is 9.10. The van der Waals surface area contributed by atoms with E-state index in [1.54, 1.807) is 78.2 Å². The molecule has 0 spiro atoms. The average Bonchev–Trinajstić information content (AvgIpc) is 3.47. The van der Waals surface area contributed by atoms with Crippen LogP contribution < -0.4 is 20.8 Å². The summed E-state index contributed by atoms with van der Waals surface area (Å²) in [5.41, 5.74) is 3.65. The molecule has 0 atom stereocenters. The molecule has 0 aliphatic carbocycles. The molecule has 0 unspecified atom stereocenters. The molecular formula is C27H19BrN4O5S. The van der Waals surface area contributed by atoms with Crippen molar-refractivity contribution in [2.24, 2.45) is 5.10 Å². The van der Waals surface area contributed by atoms with Crippen molar-refractivity contribution < 1.29 is 23.9 Å². The van der Waals surface area contributed by atoms with E-state index in [-0.39, 0.29) is 11.3 Å². The minimum absolute atomic E-state index is 0.166. The summed E-state index contributed by atoms with van der Waals surface area (Å²) >= 11 is 4.62. The van der Waals surface area contributed by atoms with Gasteiger partial charge in [0, 0.05) is 10.2 Å². The number of carbonyl (C=O) groups is 4. The summed E-state index contributed by atoms with van der Waals surface area (Å²) in [7, 11) is 0. The van der Waals surface area contributed by atoms with Crippen molar-refractivity contribution in [1.82, 2.24) is 5.43 Å². The first-order valence-corrected chi connectivity index (χ1v) is 12.7. The third-order valence-corrected chi connectivity index (χ3v) is 6.30. The molecule has 190 valence electrons. The monoisotopic (exact) mass is 590 g/mol. The van der Waals surface area contributed by atoms with Gasteiger partial charge in [-0.15, -0.1) is 11.3 Å². The Bertz CT molecular complexity index is 1490. The zero-order chi connectivity index (χ0) is 26.9. The molecule has 0 aliphatic rings. The summed E-state index contributed by atoms with van der Waals surface area (Å²) < 4.78 is 6.15. The van der Waals surface area contributed by atoms with Crippen molar-refractivity contribution in [3.63, 3.8) is 0 Å². The summed E-state index contributed by atoms with van der Waals surface area (Å²) in [6, 6.07) is 23.2. The maximum absolute atomic E-state index is 12.7. The first kappa shape index (κ1) is 26.5. The minimum atomic E-state index is -1.02. The molecule has 9 nitrogen and oxygen atoms in total. The summed E-state index contributed by atoms with van der Waals surface area (Å²) in [6.07, 6.45) is 1.33. The molecule has 1 aromatic heterocycles. The number of thiophene rings is 1. The van der Waals surface area contributed by atoms with E-state index in [4.69, 9.17) is 4.74 Å². The number of ether oxygens (including phenoxy) is 1. The van der Waals surface area contributed by atoms with Crippen LogP contribution in [0, 0.1) is 0 Å². The molecule has 3 aromatic carbocycles. The number of hydrogen-bond donors (Lipinski definition) is 3. The normalized spacial score (nSPS) is 10.6. The third-order valence-electron chi connectivity index (χ3n) is 4.92. The lowest BCUT2D eigenvalue weighted by molar-refractivity contribution is -0.136. The zero-order valence-corrected chi connectivity index (χ0v) is 21.9. The van der Waals surface area contributed by atoms with Gasteiger partial charge in [0.2, 0.25) is 0 Å². The van der Waals surface area contributed by atoms with E-state index in [0.29, 0.717) is 21.9 Å². The van der Waals surface area contributed by atoms with Gasteiger partial charge in [-0.2, -0.15) is 5.10 Å². The Kier molecular flexibility index (Phi) is 8.75. The van der Waals surface area contributed by atoms with Gasteiger partial charge in [-0.25, -0.2) is 10.2 Å². The summed E-state index contributed by atoms with van der Waals surface area (Å²) in [6.45, 7) is 0. The molecule has 0 bridgehead atoms. The van der Waals surface area contributed by atoms with E-state index in [2.05, 4.69) is 37.1 Å². The first-order chi connectivity index (χ1) is 18.4. The highest BCUT2D eigenvalue weighted by atomic mass is 79.9. The van der Waals surface area contributed by atoms with Gasteiger partial charge in [-0.05, 0) is 77.7 Å². The number of para-hydroxylation sites is 1. The second-order valence-electron chi connectivity index (χ2n) is 7.60. The number of amides is 3. The van der Waals surface area contributed by atoms with Gasteiger partial charge in [0.1, 0.15) is 10.6 Å². The van der Waals surface area contributed by atoms with Crippen LogP contribution in [0.4, 0.5) is 11.4 Å². The van der Waals surface area contributed by atoms with E-state index in [1.165, 1.54) is 29.7 Å². The SMILES string of the molecule is O=C(NN=Cc1ccc(OC(=O)c2cccs2)cc1)C(=O)Nc1ccccc1C(=O)Nc1ccc(Br)cc1. The van der Waals surface area contributed by atoms with Gasteiger partial charge < -0.3 is 15.4 Å². The molecule has 4 rings (SSSR count). The quantitative estimate of drug-likeness (QED) is 0.0910. The molecular weight excluding hydrogens is 572 g/mol. The zero-order valence-electron chi connectivity index (χ0n) is 19.5. The van der Waals surface area contributed by atoms with Crippen molar-refractivity contribution >= 4 is 68.5 Å². The van der Waals surface area contributed by atoms with E-state index < -0.39 is 23.7 Å². The van der Waals surface area contributed by atoms with Crippen LogP contribution in [0.25, 0.3) is 0 Å². The first-order valence-electron chi connectivity index (χ1n) is 11.0. The topological polar surface area (TPSA) is 126 Å². The van der Waals surface area contributed by atoms with Crippen LogP contribution in [0.5, 0.6) is 5.75 Å². The Labute approximate surface area is 229 Å². The smallest absolute Gasteiger partial charge is 0.353 e. The number of halogens is 1. The van der Waals surface area contributed by atoms with Crippen LogP contribution in [0.3, 0.4) is 0 Å². The van der Waals surface area contributed by atoms with E-state index in [1.807, 2.05) is 0 Å². The Hall–Kier alpha value is -4.61. The van der Waals surface area contributed by atoms with Crippen LogP contribution in [0.2, 0.25) is 0 Å². The fourth-order valence-corrected chi connectivity index (χ4v) is 3.95. The predicted molar refractivity (Wildman–Crippen MR) is 149 cm³/mol. The molecule has 0 fully saturated rings. The van der Waals surface area contributed by atoms with Crippen LogP contribution in [0.1, 0.15) is 25.6 Å². The highest BCUT2D eigenvalue weighted by Gasteiger charge is 2.18. The Morgan fingerprint density at radius 3 is 2.26 bits per heavy atom. The number of carbonyl (C=O) groups excluding carboxylic acids is 4. The Balaban J connectivity index is 1.31. The lowest BCUT2D eigenvalue weighted by atomic mass is 10.1. The van der Waals surface area contributed by atoms with Crippen LogP contribution in [-0.4, -0.2) is 29.9 Å². The Morgan fingerprint density at radius 2 is 1.55 bits per heavy atom. The predicted octanol–water partition coefficient (Wildman–Crippen LogP) is 5.07. The Morgan fingerprint density at radius 1 is 0.816 bits per heavy atom. The largest absolute Gasteiger partial charge is 0.422 e. The molecule has 38 heavy (non-hydrogen) atoms. The van der Waals surface area contributed by atoms with Gasteiger partial charge >= 0.3 is 17.8 Å². The number of nitrogens with zero attached hydrogens (tertiary/aromatic N) is 1. The second kappa shape index (κ2) is 12.6. The van der Waals surface area contributed by atoms with Crippen LogP contribution in [-0.2, 0) is 9.59 Å². The lowest BCUT2D eigenvalue weighted by Gasteiger charge is -2.11. The van der Waals surface area contributed by atoms with Crippen molar-refractivity contribution in [2.75, 3.05) is 10.6 Å². The van der Waals surface area contributed by atoms with E-state index >= 15 is 0 Å². The molecule has 4 aromatic rings. The number of esters is 1.